The summed E-state index contributed by atoms with van der Waals surface area (Å²) in [6.45, 7) is 1.16. The molecule has 0 saturated carbocycles. The summed E-state index contributed by atoms with van der Waals surface area (Å²) in [7, 11) is 0. The minimum Gasteiger partial charge on any atom is -0.492 e. The van der Waals surface area contributed by atoms with Gasteiger partial charge in [0.2, 0.25) is 11.0 Å². The van der Waals surface area contributed by atoms with Gasteiger partial charge in [-0.25, -0.2) is 5.06 Å². The molecule has 2 aromatic carbocycles. The second-order valence-electron chi connectivity index (χ2n) is 7.51. The van der Waals surface area contributed by atoms with Crippen molar-refractivity contribution in [3.05, 3.63) is 73.6 Å². The number of aromatic hydroxyl groups is 1. The number of hydroxylamine groups is 1. The molecule has 0 radical (unpaired) electrons. The van der Waals surface area contributed by atoms with E-state index in [1.807, 2.05) is 0 Å². The fourth-order valence-corrected chi connectivity index (χ4v) is 4.95. The molecule has 3 aromatic rings. The molecular weight excluding hydrogens is 477 g/mol. The fourth-order valence-electron chi connectivity index (χ4n) is 3.76. The Kier molecular flexibility index (Phi) is 5.59. The number of alkyl halides is 3. The van der Waals surface area contributed by atoms with E-state index >= 15 is 0 Å². The summed E-state index contributed by atoms with van der Waals surface area (Å²) in [4.78, 5) is 10.1. The Labute approximate surface area is 194 Å². The molecule has 0 unspecified atom stereocenters. The lowest BCUT2D eigenvalue weighted by atomic mass is 9.96. The molecule has 0 amide bonds. The van der Waals surface area contributed by atoms with Crippen molar-refractivity contribution in [3.63, 3.8) is 0 Å². The van der Waals surface area contributed by atoms with E-state index < -0.39 is 11.7 Å². The fraction of sp³-hybridized carbons (Fsp3) is 0.227. The van der Waals surface area contributed by atoms with Crippen molar-refractivity contribution in [1.82, 2.24) is 4.98 Å². The number of fused-ring (bicyclic) bond motifs is 1. The van der Waals surface area contributed by atoms with Gasteiger partial charge in [0.1, 0.15) is 0 Å². The average molecular weight is 493 g/mol. The highest BCUT2D eigenvalue weighted by atomic mass is 35.5. The van der Waals surface area contributed by atoms with Gasteiger partial charge in [0.15, 0.2) is 0 Å². The zero-order chi connectivity index (χ0) is 23.2. The summed E-state index contributed by atoms with van der Waals surface area (Å²) in [5.74, 6) is -0.262. The van der Waals surface area contributed by atoms with Gasteiger partial charge in [0.05, 0.1) is 35.2 Å². The predicted molar refractivity (Wildman–Crippen MR) is 119 cm³/mol. The molecule has 0 bridgehead atoms. The number of rotatable bonds is 4. The van der Waals surface area contributed by atoms with E-state index in [0.29, 0.717) is 39.3 Å². The maximum Gasteiger partial charge on any atom is 0.416 e. The van der Waals surface area contributed by atoms with Crippen LogP contribution < -0.4 is 15.6 Å². The second-order valence-corrected chi connectivity index (χ2v) is 8.92. The zero-order valence-electron chi connectivity index (χ0n) is 16.9. The number of hydrogen-bond donors (Lipinski definition) is 1. The molecule has 1 aromatic heterocycles. The molecule has 11 heteroatoms. The van der Waals surface area contributed by atoms with E-state index in [9.17, 15) is 18.3 Å². The van der Waals surface area contributed by atoms with Crippen LogP contribution in [-0.2, 0) is 17.4 Å². The Bertz CT molecular complexity index is 1380. The Balaban J connectivity index is 1.69. The number of benzene rings is 2. The third-order valence-electron chi connectivity index (χ3n) is 5.32. The average Bonchev–Trinajstić information content (AvgIpc) is 3.52. The first kappa shape index (κ1) is 21.9. The normalized spacial score (nSPS) is 16.2. The molecule has 33 heavy (non-hydrogen) atoms. The quantitative estimate of drug-likeness (QED) is 0.596. The molecule has 0 atom stereocenters. The number of hydrogen-bond acceptors (Lipinski definition) is 7. The third kappa shape index (κ3) is 4.33. The smallest absolute Gasteiger partial charge is 0.416 e. The number of nitrogens with zero attached hydrogens (tertiary/aromatic N) is 4. The zero-order valence-corrected chi connectivity index (χ0v) is 18.5. The Morgan fingerprint density at radius 2 is 2.06 bits per heavy atom. The first-order valence-electron chi connectivity index (χ1n) is 10.00. The number of halogens is 4. The molecule has 2 aliphatic heterocycles. The van der Waals surface area contributed by atoms with Crippen LogP contribution in [0.3, 0.4) is 0 Å². The van der Waals surface area contributed by atoms with Crippen molar-refractivity contribution in [3.8, 4) is 5.88 Å². The molecule has 6 nitrogen and oxygen atoms in total. The van der Waals surface area contributed by atoms with Gasteiger partial charge < -0.3 is 5.11 Å². The molecule has 0 spiro atoms. The summed E-state index contributed by atoms with van der Waals surface area (Å²) in [5, 5.41) is 21.9. The van der Waals surface area contributed by atoms with Gasteiger partial charge in [-0.2, -0.15) is 28.4 Å². The van der Waals surface area contributed by atoms with E-state index in [2.05, 4.69) is 15.2 Å². The van der Waals surface area contributed by atoms with E-state index in [1.54, 1.807) is 29.5 Å². The first-order valence-corrected chi connectivity index (χ1v) is 11.2. The molecule has 2 aliphatic rings. The number of anilines is 1. The SMILES string of the molecule is Oc1nc(N2CCCO2)sc1C(Cc1ccc(Cl)cc1C(F)(F)F)=c1ccc2c(c1)C=NN=2. The van der Waals surface area contributed by atoms with Gasteiger partial charge in [0, 0.05) is 17.0 Å². The molecule has 170 valence electrons. The predicted octanol–water partition coefficient (Wildman–Crippen LogP) is 4.07. The minimum absolute atomic E-state index is 0.00270. The van der Waals surface area contributed by atoms with Gasteiger partial charge in [-0.1, -0.05) is 35.1 Å². The van der Waals surface area contributed by atoms with E-state index in [1.165, 1.54) is 23.5 Å². The summed E-state index contributed by atoms with van der Waals surface area (Å²) in [6.07, 6.45) is -2.29. The summed E-state index contributed by atoms with van der Waals surface area (Å²) < 4.78 is 41.3. The molecular formula is C22H16ClF3N4O2S. The molecule has 0 aliphatic carbocycles. The Morgan fingerprint density at radius 1 is 1.21 bits per heavy atom. The Morgan fingerprint density at radius 3 is 2.82 bits per heavy atom. The van der Waals surface area contributed by atoms with E-state index in [0.717, 1.165) is 18.1 Å². The lowest BCUT2D eigenvalue weighted by Crippen LogP contribution is -2.17. The standard InChI is InChI=1S/C22H16ClF3N4O2S/c23-15-4-2-13(17(10-15)22(24,25)26)9-16(12-3-5-18-14(8-12)11-27-29-18)19-20(31)28-21(33-19)30-6-1-7-32-30/h2-5,8,10-11,31H,1,6-7,9H2. The van der Waals surface area contributed by atoms with Crippen LogP contribution in [0.15, 0.2) is 46.6 Å². The van der Waals surface area contributed by atoms with E-state index in [4.69, 9.17) is 16.4 Å². The second kappa shape index (κ2) is 8.44. The van der Waals surface area contributed by atoms with Crippen LogP contribution in [0, 0.1) is 0 Å². The van der Waals surface area contributed by atoms with Crippen molar-refractivity contribution in [2.24, 2.45) is 10.2 Å². The van der Waals surface area contributed by atoms with Crippen LogP contribution in [0.1, 0.15) is 28.0 Å². The number of thiazole rings is 1. The van der Waals surface area contributed by atoms with Gasteiger partial charge >= 0.3 is 6.18 Å². The maximum absolute atomic E-state index is 13.8. The van der Waals surface area contributed by atoms with Crippen molar-refractivity contribution >= 4 is 39.9 Å². The monoisotopic (exact) mass is 492 g/mol. The van der Waals surface area contributed by atoms with Gasteiger partial charge in [-0.05, 0) is 47.0 Å². The van der Waals surface area contributed by atoms with Crippen LogP contribution in [0.25, 0.3) is 5.57 Å². The lowest BCUT2D eigenvalue weighted by molar-refractivity contribution is -0.138. The highest BCUT2D eigenvalue weighted by molar-refractivity contribution is 7.16. The first-order chi connectivity index (χ1) is 15.8. The van der Waals surface area contributed by atoms with Crippen LogP contribution in [0.5, 0.6) is 5.88 Å². The van der Waals surface area contributed by atoms with Crippen molar-refractivity contribution in [1.29, 1.82) is 0 Å². The van der Waals surface area contributed by atoms with Gasteiger partial charge in [-0.3, -0.25) is 4.84 Å². The third-order valence-corrected chi connectivity index (χ3v) is 6.67. The topological polar surface area (TPSA) is 70.3 Å². The van der Waals surface area contributed by atoms with Gasteiger partial charge in [0.25, 0.3) is 0 Å². The Hall–Kier alpha value is -2.95. The van der Waals surface area contributed by atoms with Crippen LogP contribution >= 0.6 is 22.9 Å². The van der Waals surface area contributed by atoms with Crippen molar-refractivity contribution < 1.29 is 23.1 Å². The maximum atomic E-state index is 13.8. The lowest BCUT2D eigenvalue weighted by Gasteiger charge is -2.15. The van der Waals surface area contributed by atoms with Crippen LogP contribution in [0.4, 0.5) is 18.3 Å². The largest absolute Gasteiger partial charge is 0.492 e. The molecule has 3 heterocycles. The minimum atomic E-state index is -4.58. The molecule has 1 saturated heterocycles. The van der Waals surface area contributed by atoms with E-state index in [-0.39, 0.29) is 22.9 Å². The van der Waals surface area contributed by atoms with Crippen molar-refractivity contribution in [2.75, 3.05) is 18.2 Å². The van der Waals surface area contributed by atoms with Gasteiger partial charge in [-0.15, -0.1) is 0 Å². The van der Waals surface area contributed by atoms with Crippen LogP contribution in [-0.4, -0.2) is 29.5 Å². The van der Waals surface area contributed by atoms with Crippen LogP contribution in [0.2, 0.25) is 5.02 Å². The highest BCUT2D eigenvalue weighted by Gasteiger charge is 2.34. The summed E-state index contributed by atoms with van der Waals surface area (Å²) in [6, 6.07) is 8.98. The highest BCUT2D eigenvalue weighted by Crippen LogP contribution is 2.40. The molecule has 1 N–H and O–H groups in total. The molecule has 5 rings (SSSR count). The summed E-state index contributed by atoms with van der Waals surface area (Å²) in [5.41, 5.74) is 0.445. The number of aromatic nitrogens is 1. The van der Waals surface area contributed by atoms with Crippen molar-refractivity contribution in [2.45, 2.75) is 19.0 Å². The molecule has 1 fully saturated rings. The summed E-state index contributed by atoms with van der Waals surface area (Å²) >= 11 is 7.03.